The van der Waals surface area contributed by atoms with E-state index in [2.05, 4.69) is 35.6 Å². The first-order valence-corrected chi connectivity index (χ1v) is 25.7. The predicted octanol–water partition coefficient (Wildman–Crippen LogP) is 6.92. The van der Waals surface area contributed by atoms with Gasteiger partial charge in [0.1, 0.15) is 23.5 Å². The van der Waals surface area contributed by atoms with Crippen LogP contribution in [0.15, 0.2) is 84.6 Å². The average Bonchev–Trinajstić information content (AvgIpc) is 4.08. The molecule has 0 radical (unpaired) electrons. The van der Waals surface area contributed by atoms with Crippen molar-refractivity contribution in [2.75, 3.05) is 17.0 Å². The maximum absolute atomic E-state index is 15.5. The minimum absolute atomic E-state index is 0.0315. The molecule has 3 atom stereocenters. The highest BCUT2D eigenvalue weighted by molar-refractivity contribution is 7.92. The summed E-state index contributed by atoms with van der Waals surface area (Å²) in [5.74, 6) is -5.43. The second kappa shape index (κ2) is 22.0. The number of hydrogen-bond acceptors (Lipinski definition) is 11. The number of amides is 4. The third-order valence-electron chi connectivity index (χ3n) is 12.1. The Balaban J connectivity index is 0.894. The van der Waals surface area contributed by atoms with Crippen molar-refractivity contribution in [3.8, 4) is 21.6 Å². The number of nitrogens with one attached hydrogen (secondary N) is 5. The number of carbonyl (C=O) groups excluding carboxylic acids is 5. The molecular formula is C51H56F2N8O8S2. The van der Waals surface area contributed by atoms with Crippen LogP contribution < -0.4 is 20.7 Å². The van der Waals surface area contributed by atoms with Crippen LogP contribution in [-0.4, -0.2) is 93.3 Å². The molecule has 374 valence electrons. The van der Waals surface area contributed by atoms with Crippen molar-refractivity contribution >= 4 is 67.5 Å². The van der Waals surface area contributed by atoms with Gasteiger partial charge in [0.15, 0.2) is 5.82 Å². The molecule has 4 amide bonds. The van der Waals surface area contributed by atoms with E-state index >= 15 is 4.39 Å². The summed E-state index contributed by atoms with van der Waals surface area (Å²) in [5.41, 5.74) is 4.64. The number of fused-ring (bicyclic) bond motifs is 1. The molecule has 1 aliphatic heterocycles. The molecule has 3 aromatic heterocycles. The third-order valence-corrected chi connectivity index (χ3v) is 14.6. The van der Waals surface area contributed by atoms with E-state index in [4.69, 9.17) is 0 Å². The number of likely N-dealkylation sites (tertiary alicyclic amines) is 1. The molecule has 7 rings (SSSR count). The lowest BCUT2D eigenvalue weighted by Gasteiger charge is -2.35. The number of nitrogens with zero attached hydrogens (tertiary/aromatic N) is 3. The first-order valence-electron chi connectivity index (χ1n) is 23.1. The lowest BCUT2D eigenvalue weighted by atomic mass is 9.85. The molecule has 1 fully saturated rings. The number of halogens is 2. The summed E-state index contributed by atoms with van der Waals surface area (Å²) in [6.45, 7) is 9.31. The number of carbonyl (C=O) groups is 5. The molecule has 0 spiro atoms. The minimum atomic E-state index is -3.93. The zero-order valence-electron chi connectivity index (χ0n) is 39.9. The Morgan fingerprint density at radius 3 is 2.21 bits per heavy atom. The average molecular weight is 1010 g/mol. The molecule has 0 saturated carbocycles. The second-order valence-corrected chi connectivity index (χ2v) is 21.3. The Bertz CT molecular complexity index is 3060. The number of aromatic nitrogens is 3. The van der Waals surface area contributed by atoms with Crippen molar-refractivity contribution in [2.24, 2.45) is 5.41 Å². The summed E-state index contributed by atoms with van der Waals surface area (Å²) in [6, 6.07) is 16.3. The van der Waals surface area contributed by atoms with Gasteiger partial charge in [-0.15, -0.1) is 11.3 Å². The van der Waals surface area contributed by atoms with E-state index in [1.165, 1.54) is 11.1 Å². The molecule has 3 unspecified atom stereocenters. The maximum atomic E-state index is 15.5. The molecule has 1 saturated heterocycles. The van der Waals surface area contributed by atoms with Crippen LogP contribution in [0.2, 0.25) is 0 Å². The Kier molecular flexibility index (Phi) is 16.1. The number of sulfonamides is 1. The fourth-order valence-electron chi connectivity index (χ4n) is 8.34. The molecule has 20 heteroatoms. The number of β-amino-alcohol motifs (C(OH)–C–C–N with tert-alkyl or cyclic N) is 1. The molecule has 71 heavy (non-hydrogen) atoms. The van der Waals surface area contributed by atoms with Crippen LogP contribution in [0, 0.1) is 24.0 Å². The van der Waals surface area contributed by atoms with Crippen molar-refractivity contribution in [1.82, 2.24) is 35.8 Å². The van der Waals surface area contributed by atoms with Crippen LogP contribution in [0.4, 0.5) is 14.5 Å². The van der Waals surface area contributed by atoms with Crippen LogP contribution >= 0.6 is 11.3 Å². The number of benzene rings is 3. The van der Waals surface area contributed by atoms with Gasteiger partial charge in [0.05, 0.1) is 39.2 Å². The SMILES string of the molecule is CCCS(=O)(=O)Nc1ccc(F)c(C(=O)c2c[nH]c3ncc(-c4ccc(CNC(=O)CCCC(=O)NC(C(=O)N5CC(O)CC5C(=O)NCc5ccc(-c6scnc6C)cc5)C(C)(C)C)cc4)cc23)c1F. The van der Waals surface area contributed by atoms with Crippen molar-refractivity contribution < 1.29 is 46.3 Å². The van der Waals surface area contributed by atoms with E-state index in [9.17, 15) is 41.9 Å². The number of thiazole rings is 1. The molecule has 6 N–H and O–H groups in total. The van der Waals surface area contributed by atoms with Crippen LogP contribution in [0.25, 0.3) is 32.6 Å². The van der Waals surface area contributed by atoms with Gasteiger partial charge in [-0.2, -0.15) is 0 Å². The van der Waals surface area contributed by atoms with Crippen molar-refractivity contribution in [3.63, 3.8) is 0 Å². The number of ketones is 1. The Hall–Kier alpha value is -6.90. The summed E-state index contributed by atoms with van der Waals surface area (Å²) >= 11 is 1.55. The topological polar surface area (TPSA) is 233 Å². The number of aliphatic hydroxyl groups is 1. The number of aryl methyl sites for hydroxylation is 1. The van der Waals surface area contributed by atoms with Crippen LogP contribution in [-0.2, 0) is 42.3 Å². The van der Waals surface area contributed by atoms with Crippen LogP contribution in [0.1, 0.15) is 92.5 Å². The summed E-state index contributed by atoms with van der Waals surface area (Å²) in [6.07, 6.45) is 2.43. The molecule has 0 bridgehead atoms. The van der Waals surface area contributed by atoms with Gasteiger partial charge < -0.3 is 30.9 Å². The molecular weight excluding hydrogens is 955 g/mol. The molecule has 6 aromatic rings. The normalized spacial score (nSPS) is 15.4. The van der Waals surface area contributed by atoms with Gasteiger partial charge in [0.25, 0.3) is 0 Å². The van der Waals surface area contributed by atoms with E-state index in [0.29, 0.717) is 11.1 Å². The lowest BCUT2D eigenvalue weighted by molar-refractivity contribution is -0.144. The summed E-state index contributed by atoms with van der Waals surface area (Å²) in [5, 5.41) is 19.4. The minimum Gasteiger partial charge on any atom is -0.391 e. The van der Waals surface area contributed by atoms with E-state index in [-0.39, 0.29) is 80.0 Å². The zero-order valence-corrected chi connectivity index (χ0v) is 41.5. The van der Waals surface area contributed by atoms with Gasteiger partial charge in [0, 0.05) is 67.8 Å². The van der Waals surface area contributed by atoms with E-state index < -0.39 is 80.0 Å². The monoisotopic (exact) mass is 1010 g/mol. The van der Waals surface area contributed by atoms with Gasteiger partial charge in [-0.05, 0) is 65.6 Å². The first kappa shape index (κ1) is 51.9. The number of hydrogen-bond donors (Lipinski definition) is 6. The molecule has 1 aliphatic rings. The Morgan fingerprint density at radius 2 is 1.56 bits per heavy atom. The van der Waals surface area contributed by atoms with Crippen molar-refractivity contribution in [3.05, 3.63) is 124 Å². The van der Waals surface area contributed by atoms with E-state index in [1.807, 2.05) is 31.2 Å². The number of H-pyrrole nitrogens is 1. The largest absolute Gasteiger partial charge is 0.391 e. The molecule has 4 heterocycles. The van der Waals surface area contributed by atoms with E-state index in [1.54, 1.807) is 81.1 Å². The second-order valence-electron chi connectivity index (χ2n) is 18.6. The Labute approximate surface area is 414 Å². The highest BCUT2D eigenvalue weighted by Gasteiger charge is 2.44. The highest BCUT2D eigenvalue weighted by Crippen LogP contribution is 2.32. The zero-order chi connectivity index (χ0) is 51.2. The third kappa shape index (κ3) is 12.5. The first-order chi connectivity index (χ1) is 33.7. The van der Waals surface area contributed by atoms with Crippen molar-refractivity contribution in [2.45, 2.75) is 98.0 Å². The van der Waals surface area contributed by atoms with E-state index in [0.717, 1.165) is 39.4 Å². The standard InChI is InChI=1S/C51H56F2N8O8S2/c1-6-20-71(68,69)60-39-19-18-38(52)43(44(39)53)45(65)37-26-56-48-36(37)21-34(25-55-48)32-14-10-30(11-15-32)23-54-41(63)8-7-9-42(64)59-47(51(3,4)5)50(67)61-27-35(62)22-40(61)49(66)57-24-31-12-16-33(17-13-31)46-29(2)58-28-70-46/h10-19,21,25-26,28,35,40,47,60,62H,6-9,20,22-24,27H2,1-5H3,(H,54,63)(H,55,56)(H,57,66)(H,59,64). The number of aromatic amines is 1. The van der Waals surface area contributed by atoms with Gasteiger partial charge >= 0.3 is 0 Å². The van der Waals surface area contributed by atoms with Gasteiger partial charge in [0.2, 0.25) is 39.4 Å². The summed E-state index contributed by atoms with van der Waals surface area (Å²) < 4.78 is 57.2. The predicted molar refractivity (Wildman–Crippen MR) is 266 cm³/mol. The van der Waals surface area contributed by atoms with Crippen LogP contribution in [0.3, 0.4) is 0 Å². The summed E-state index contributed by atoms with van der Waals surface area (Å²) in [7, 11) is -3.93. The molecule has 16 nitrogen and oxygen atoms in total. The van der Waals surface area contributed by atoms with Gasteiger partial charge in [-0.1, -0.05) is 76.2 Å². The Morgan fingerprint density at radius 1 is 0.901 bits per heavy atom. The molecule has 0 aliphatic carbocycles. The summed E-state index contributed by atoms with van der Waals surface area (Å²) in [4.78, 5) is 81.1. The van der Waals surface area contributed by atoms with Gasteiger partial charge in [-0.3, -0.25) is 28.7 Å². The highest BCUT2D eigenvalue weighted by atomic mass is 32.2. The number of anilines is 1. The fourth-order valence-corrected chi connectivity index (χ4v) is 10.3. The number of rotatable bonds is 19. The quantitative estimate of drug-likeness (QED) is 0.0459. The van der Waals surface area contributed by atoms with Crippen molar-refractivity contribution in [1.29, 1.82) is 0 Å². The maximum Gasteiger partial charge on any atom is 0.246 e. The lowest BCUT2D eigenvalue weighted by Crippen LogP contribution is -2.57. The van der Waals surface area contributed by atoms with Crippen LogP contribution in [0.5, 0.6) is 0 Å². The number of aliphatic hydroxyl groups excluding tert-OH is 1. The smallest absolute Gasteiger partial charge is 0.246 e. The van der Waals surface area contributed by atoms with Gasteiger partial charge in [-0.25, -0.2) is 27.2 Å². The fraction of sp³-hybridized carbons (Fsp3) is 0.353. The molecule has 3 aromatic carbocycles. The number of pyridine rings is 1.